The molecule has 58 heavy (non-hydrogen) atoms. The minimum Gasteiger partial charge on any atom is -0.469 e. The van der Waals surface area contributed by atoms with Crippen molar-refractivity contribution >= 4 is 40.2 Å². The fourth-order valence-corrected chi connectivity index (χ4v) is 11.5. The molecule has 0 saturated carbocycles. The molecule has 1 saturated heterocycles. The topological polar surface area (TPSA) is 77.5 Å². The van der Waals surface area contributed by atoms with Gasteiger partial charge in [-0.3, -0.25) is 9.59 Å². The lowest BCUT2D eigenvalue weighted by Crippen LogP contribution is -2.42. The number of aryl methyl sites for hydroxylation is 2. The van der Waals surface area contributed by atoms with E-state index in [0.717, 1.165) is 56.3 Å². The van der Waals surface area contributed by atoms with Gasteiger partial charge in [-0.1, -0.05) is 144 Å². The van der Waals surface area contributed by atoms with Crippen LogP contribution in [0, 0.1) is 0 Å². The number of anilines is 2. The van der Waals surface area contributed by atoms with Crippen LogP contribution in [0.3, 0.4) is 0 Å². The molecular formula is C48H64N2O6P2. The largest absolute Gasteiger partial charge is 0.469 e. The quantitative estimate of drug-likeness (QED) is 0.103. The van der Waals surface area contributed by atoms with Crippen molar-refractivity contribution in [1.29, 1.82) is 0 Å². The van der Waals surface area contributed by atoms with Gasteiger partial charge >= 0.3 is 28.8 Å². The van der Waals surface area contributed by atoms with E-state index in [0.29, 0.717) is 25.7 Å². The molecule has 0 spiro atoms. The summed E-state index contributed by atoms with van der Waals surface area (Å²) in [4.78, 5) is 24.5. The summed E-state index contributed by atoms with van der Waals surface area (Å²) in [5, 5.41) is 0. The Bertz CT molecular complexity index is 1830. The minimum atomic E-state index is -1.50. The summed E-state index contributed by atoms with van der Waals surface area (Å²) in [5.41, 5.74) is 7.47. The van der Waals surface area contributed by atoms with Crippen molar-refractivity contribution in [2.75, 3.05) is 23.1 Å². The molecule has 0 amide bonds. The summed E-state index contributed by atoms with van der Waals surface area (Å²) in [6.45, 7) is 26.6. The maximum atomic E-state index is 12.3. The third kappa shape index (κ3) is 10.4. The predicted molar refractivity (Wildman–Crippen MR) is 241 cm³/mol. The van der Waals surface area contributed by atoms with Gasteiger partial charge in [0, 0.05) is 35.1 Å². The van der Waals surface area contributed by atoms with Crippen molar-refractivity contribution in [3.05, 3.63) is 118 Å². The summed E-state index contributed by atoms with van der Waals surface area (Å²) < 4.78 is 29.9. The summed E-state index contributed by atoms with van der Waals surface area (Å²) in [6, 6.07) is 29.7. The number of nitrogens with zero attached hydrogens (tertiary/aromatic N) is 2. The lowest BCUT2D eigenvalue weighted by molar-refractivity contribution is -0.141. The molecule has 1 heterocycles. The third-order valence-electron chi connectivity index (χ3n) is 10.2. The number of hydrogen-bond donors (Lipinski definition) is 0. The maximum absolute atomic E-state index is 12.3. The average Bonchev–Trinajstić information content (AvgIpc) is 3.14. The summed E-state index contributed by atoms with van der Waals surface area (Å²) in [6.07, 6.45) is 1.77. The summed E-state index contributed by atoms with van der Waals surface area (Å²) >= 11 is 0. The smallest absolute Gasteiger partial charge is 0.325 e. The molecule has 0 bridgehead atoms. The highest BCUT2D eigenvalue weighted by molar-refractivity contribution is 7.91. The van der Waals surface area contributed by atoms with E-state index < -0.39 is 16.9 Å². The van der Waals surface area contributed by atoms with E-state index in [-0.39, 0.29) is 33.6 Å². The zero-order valence-corrected chi connectivity index (χ0v) is 38.9. The molecule has 0 aliphatic carbocycles. The van der Waals surface area contributed by atoms with Crippen LogP contribution >= 0.6 is 16.9 Å². The first-order valence-electron chi connectivity index (χ1n) is 20.2. The number of methoxy groups -OCH3 is 2. The summed E-state index contributed by atoms with van der Waals surface area (Å²) in [5.74, 6) is 1.28. The van der Waals surface area contributed by atoms with Crippen molar-refractivity contribution in [2.45, 2.75) is 130 Å². The standard InChI is InChI=1S/C48H64N2O6P2/c1-45(2,3)37-29-33(25-27-41(51)53-13)30-38(46(4,5)6)43(37)55-57-49(35-21-17-15-18-22-35)58(50(57)36-23-19-16-20-24-36)56-44-39(47(7,8)9)31-34(26-28-42(52)54-14)32-40(44)48(10,11)12/h15-24,29-32H,25-28H2,1-14H3. The van der Waals surface area contributed by atoms with Gasteiger partial charge in [0.1, 0.15) is 11.5 Å². The second-order valence-corrected chi connectivity index (χ2v) is 22.7. The van der Waals surface area contributed by atoms with Crippen LogP contribution in [0.2, 0.25) is 0 Å². The van der Waals surface area contributed by atoms with Crippen LogP contribution in [-0.4, -0.2) is 26.2 Å². The van der Waals surface area contributed by atoms with Crippen LogP contribution in [0.4, 0.5) is 11.4 Å². The van der Waals surface area contributed by atoms with Crippen molar-refractivity contribution in [2.24, 2.45) is 0 Å². The number of benzene rings is 4. The van der Waals surface area contributed by atoms with Gasteiger partial charge in [-0.15, -0.1) is 0 Å². The van der Waals surface area contributed by atoms with Gasteiger partial charge in [0.25, 0.3) is 0 Å². The molecule has 10 heteroatoms. The fourth-order valence-electron chi connectivity index (χ4n) is 6.88. The lowest BCUT2D eigenvalue weighted by Gasteiger charge is -2.54. The number of carbonyl (C=O) groups excluding carboxylic acids is 2. The number of para-hydroxylation sites is 2. The molecule has 4 aromatic carbocycles. The minimum absolute atomic E-state index is 0.224. The molecule has 1 aliphatic heterocycles. The van der Waals surface area contributed by atoms with Crippen LogP contribution in [0.15, 0.2) is 84.9 Å². The highest BCUT2D eigenvalue weighted by Crippen LogP contribution is 2.79. The molecule has 5 rings (SSSR count). The van der Waals surface area contributed by atoms with Gasteiger partial charge in [-0.25, -0.2) is 8.88 Å². The van der Waals surface area contributed by atoms with Crippen molar-refractivity contribution < 1.29 is 28.1 Å². The number of hydrogen-bond acceptors (Lipinski definition) is 8. The molecule has 0 unspecified atom stereocenters. The summed E-state index contributed by atoms with van der Waals surface area (Å²) in [7, 11) is -0.120. The Labute approximate surface area is 350 Å². The van der Waals surface area contributed by atoms with Crippen molar-refractivity contribution in [1.82, 2.24) is 0 Å². The van der Waals surface area contributed by atoms with Crippen LogP contribution < -0.4 is 17.9 Å². The second-order valence-electron chi connectivity index (χ2n) is 19.1. The number of carbonyl (C=O) groups is 2. The third-order valence-corrected chi connectivity index (χ3v) is 14.9. The Kier molecular flexibility index (Phi) is 13.7. The van der Waals surface area contributed by atoms with E-state index in [1.54, 1.807) is 0 Å². The molecule has 0 radical (unpaired) electrons. The van der Waals surface area contributed by atoms with Gasteiger partial charge in [0.2, 0.25) is 0 Å². The first-order chi connectivity index (χ1) is 27.0. The molecular weight excluding hydrogens is 762 g/mol. The highest BCUT2D eigenvalue weighted by Gasteiger charge is 2.56. The molecule has 1 fully saturated rings. The number of rotatable bonds is 12. The van der Waals surface area contributed by atoms with E-state index in [9.17, 15) is 9.59 Å². The van der Waals surface area contributed by atoms with E-state index in [1.165, 1.54) is 14.2 Å². The van der Waals surface area contributed by atoms with Gasteiger partial charge in [-0.05, 0) is 69.9 Å². The predicted octanol–water partition coefficient (Wildman–Crippen LogP) is 13.0. The normalized spacial score (nSPS) is 16.1. The van der Waals surface area contributed by atoms with Crippen LogP contribution in [-0.2, 0) is 53.6 Å². The monoisotopic (exact) mass is 826 g/mol. The maximum Gasteiger partial charge on any atom is 0.325 e. The van der Waals surface area contributed by atoms with E-state index in [1.807, 2.05) is 12.1 Å². The molecule has 0 N–H and O–H groups in total. The first-order valence-corrected chi connectivity index (χ1v) is 22.5. The Morgan fingerprint density at radius 1 is 0.483 bits per heavy atom. The first kappa shape index (κ1) is 45.0. The SMILES string of the molecule is COC(=O)CCc1cc(C(C)(C)C)c(OP2N(c3ccccc3)P(Oc3c(C(C)(C)C)cc(CCC(=O)OC)cc3C(C)(C)C)N2c2ccccc2)c(C(C)(C)C)c1. The van der Waals surface area contributed by atoms with E-state index >= 15 is 0 Å². The van der Waals surface area contributed by atoms with E-state index in [4.69, 9.17) is 18.5 Å². The van der Waals surface area contributed by atoms with E-state index in [2.05, 4.69) is 165 Å². The fraction of sp³-hybridized carbons (Fsp3) is 0.458. The highest BCUT2D eigenvalue weighted by atomic mass is 31.3. The van der Waals surface area contributed by atoms with Crippen molar-refractivity contribution in [3.8, 4) is 11.5 Å². The van der Waals surface area contributed by atoms with Gasteiger partial charge in [0.05, 0.1) is 25.6 Å². The molecule has 4 aromatic rings. The van der Waals surface area contributed by atoms with Crippen LogP contribution in [0.5, 0.6) is 11.5 Å². The Morgan fingerprint density at radius 3 is 1.00 bits per heavy atom. The molecule has 0 aromatic heterocycles. The van der Waals surface area contributed by atoms with Crippen LogP contribution in [0.1, 0.15) is 129 Å². The molecule has 8 nitrogen and oxygen atoms in total. The Morgan fingerprint density at radius 2 is 0.759 bits per heavy atom. The number of esters is 2. The van der Waals surface area contributed by atoms with Crippen molar-refractivity contribution in [3.63, 3.8) is 0 Å². The Hall–Kier alpha value is -4.12. The molecule has 1 aliphatic rings. The zero-order chi connectivity index (χ0) is 42.8. The van der Waals surface area contributed by atoms with Crippen LogP contribution in [0.25, 0.3) is 0 Å². The zero-order valence-electron chi connectivity index (χ0n) is 37.1. The second kappa shape index (κ2) is 17.6. The Balaban J connectivity index is 1.73. The molecule has 0 atom stereocenters. The average molecular weight is 827 g/mol. The molecule has 312 valence electrons. The van der Waals surface area contributed by atoms with Gasteiger partial charge in [0.15, 0.2) is 0 Å². The number of ether oxygens (including phenoxy) is 2. The van der Waals surface area contributed by atoms with Gasteiger partial charge < -0.3 is 18.5 Å². The lowest BCUT2D eigenvalue weighted by atomic mass is 9.78. The van der Waals surface area contributed by atoms with Gasteiger partial charge in [-0.2, -0.15) is 0 Å².